The van der Waals surface area contributed by atoms with Crippen LogP contribution in [0, 0.1) is 0 Å². The van der Waals surface area contributed by atoms with E-state index < -0.39 is 24.4 Å². The molecule has 0 rings (SSSR count). The molecule has 0 aliphatic rings. The Morgan fingerprint density at radius 1 is 0.722 bits per heavy atom. The van der Waals surface area contributed by atoms with E-state index in [2.05, 4.69) is 10.6 Å². The summed E-state index contributed by atoms with van der Waals surface area (Å²) in [5.41, 5.74) is 0. The van der Waals surface area contributed by atoms with E-state index in [4.69, 9.17) is 23.2 Å². The summed E-state index contributed by atoms with van der Waals surface area (Å²) in [6, 6.07) is 0. The first-order valence-corrected chi connectivity index (χ1v) is 6.87. The summed E-state index contributed by atoms with van der Waals surface area (Å²) < 4.78 is 0. The molecule has 18 heavy (non-hydrogen) atoms. The molecule has 0 radical (unpaired) electrons. The number of aliphatic hydroxyl groups excluding tert-OH is 4. The molecular formula is C10H22Cl2N2O4. The lowest BCUT2D eigenvalue weighted by atomic mass is 10.0. The van der Waals surface area contributed by atoms with Crippen molar-refractivity contribution in [2.45, 2.75) is 24.4 Å². The highest BCUT2D eigenvalue weighted by atomic mass is 35.5. The van der Waals surface area contributed by atoms with E-state index in [1.54, 1.807) is 0 Å². The molecule has 6 nitrogen and oxygen atoms in total. The number of hydrogen-bond donors (Lipinski definition) is 6. The van der Waals surface area contributed by atoms with Crippen molar-refractivity contribution in [2.24, 2.45) is 0 Å². The van der Waals surface area contributed by atoms with Crippen LogP contribution in [0.4, 0.5) is 0 Å². The zero-order chi connectivity index (χ0) is 14.0. The maximum atomic E-state index is 9.63. The summed E-state index contributed by atoms with van der Waals surface area (Å²) in [5, 5.41) is 44.0. The molecule has 0 amide bonds. The number of nitrogens with one attached hydrogen (secondary N) is 2. The zero-order valence-electron chi connectivity index (χ0n) is 10.1. The molecule has 0 bridgehead atoms. The maximum Gasteiger partial charge on any atom is 0.110 e. The third-order valence-electron chi connectivity index (χ3n) is 2.39. The fourth-order valence-corrected chi connectivity index (χ4v) is 1.60. The van der Waals surface area contributed by atoms with Gasteiger partial charge in [-0.2, -0.15) is 0 Å². The monoisotopic (exact) mass is 304 g/mol. The van der Waals surface area contributed by atoms with Crippen molar-refractivity contribution < 1.29 is 20.4 Å². The third kappa shape index (κ3) is 7.70. The minimum Gasteiger partial charge on any atom is -0.389 e. The van der Waals surface area contributed by atoms with Crippen molar-refractivity contribution in [3.63, 3.8) is 0 Å². The number of alkyl halides is 2. The second-order valence-electron chi connectivity index (χ2n) is 3.90. The molecule has 8 heteroatoms. The van der Waals surface area contributed by atoms with Crippen molar-refractivity contribution in [3.05, 3.63) is 0 Å². The van der Waals surface area contributed by atoms with Gasteiger partial charge in [0.05, 0.1) is 12.2 Å². The van der Waals surface area contributed by atoms with Crippen LogP contribution in [0.2, 0.25) is 0 Å². The van der Waals surface area contributed by atoms with E-state index in [1.165, 1.54) is 0 Å². The van der Waals surface area contributed by atoms with E-state index >= 15 is 0 Å². The Morgan fingerprint density at radius 3 is 1.33 bits per heavy atom. The van der Waals surface area contributed by atoms with Crippen LogP contribution < -0.4 is 10.6 Å². The normalized spacial score (nSPS) is 18.3. The first-order chi connectivity index (χ1) is 8.54. The van der Waals surface area contributed by atoms with Gasteiger partial charge in [0.2, 0.25) is 0 Å². The first kappa shape index (κ1) is 18.3. The van der Waals surface area contributed by atoms with E-state index in [0.29, 0.717) is 24.8 Å². The predicted molar refractivity (Wildman–Crippen MR) is 71.2 cm³/mol. The maximum absolute atomic E-state index is 9.63. The van der Waals surface area contributed by atoms with E-state index in [1.807, 2.05) is 0 Å². The predicted octanol–water partition coefficient (Wildman–Crippen LogP) is -1.91. The van der Waals surface area contributed by atoms with Gasteiger partial charge in [-0.25, -0.2) is 0 Å². The highest BCUT2D eigenvalue weighted by molar-refractivity contribution is 6.18. The van der Waals surface area contributed by atoms with Crippen LogP contribution in [-0.2, 0) is 0 Å². The van der Waals surface area contributed by atoms with Gasteiger partial charge in [-0.1, -0.05) is 0 Å². The van der Waals surface area contributed by atoms with Crippen molar-refractivity contribution in [3.8, 4) is 0 Å². The number of halogens is 2. The lowest BCUT2D eigenvalue weighted by Gasteiger charge is -2.26. The fourth-order valence-electron chi connectivity index (χ4n) is 1.33. The van der Waals surface area contributed by atoms with Crippen LogP contribution in [0.5, 0.6) is 0 Å². The van der Waals surface area contributed by atoms with Gasteiger partial charge in [0.1, 0.15) is 12.2 Å². The fraction of sp³-hybridized carbons (Fsp3) is 1.00. The molecule has 0 fully saturated rings. The molecule has 6 N–H and O–H groups in total. The first-order valence-electron chi connectivity index (χ1n) is 5.80. The summed E-state index contributed by atoms with van der Waals surface area (Å²) in [6.45, 7) is 1.15. The summed E-state index contributed by atoms with van der Waals surface area (Å²) in [7, 11) is 0. The average molecular weight is 305 g/mol. The van der Waals surface area contributed by atoms with Crippen LogP contribution in [0.3, 0.4) is 0 Å². The lowest BCUT2D eigenvalue weighted by molar-refractivity contribution is -0.102. The van der Waals surface area contributed by atoms with Crippen molar-refractivity contribution in [1.29, 1.82) is 0 Å². The Labute approximate surface area is 117 Å². The molecule has 4 unspecified atom stereocenters. The summed E-state index contributed by atoms with van der Waals surface area (Å²) in [5.74, 6) is 0.771. The van der Waals surface area contributed by atoms with Gasteiger partial charge < -0.3 is 31.1 Å². The molecule has 0 heterocycles. The minimum absolute atomic E-state index is 0.0901. The lowest BCUT2D eigenvalue weighted by Crippen LogP contribution is -2.50. The second kappa shape index (κ2) is 11.2. The molecule has 0 aromatic heterocycles. The Kier molecular flexibility index (Phi) is 11.4. The van der Waals surface area contributed by atoms with Gasteiger partial charge >= 0.3 is 0 Å². The highest BCUT2D eigenvalue weighted by Gasteiger charge is 2.29. The van der Waals surface area contributed by atoms with Crippen molar-refractivity contribution in [2.75, 3.05) is 37.9 Å². The Morgan fingerprint density at radius 2 is 1.06 bits per heavy atom. The topological polar surface area (TPSA) is 105 Å². The van der Waals surface area contributed by atoms with E-state index in [-0.39, 0.29) is 13.1 Å². The van der Waals surface area contributed by atoms with Crippen molar-refractivity contribution in [1.82, 2.24) is 10.6 Å². The Hall–Kier alpha value is 0.340. The van der Waals surface area contributed by atoms with Gasteiger partial charge in [0.25, 0.3) is 0 Å². The average Bonchev–Trinajstić information content (AvgIpc) is 2.37. The molecule has 0 saturated carbocycles. The largest absolute Gasteiger partial charge is 0.389 e. The molecule has 4 atom stereocenters. The van der Waals surface area contributed by atoms with Crippen LogP contribution in [-0.4, -0.2) is 82.8 Å². The molecule has 0 spiro atoms. The summed E-state index contributed by atoms with van der Waals surface area (Å²) in [4.78, 5) is 0. The van der Waals surface area contributed by atoms with E-state index in [9.17, 15) is 20.4 Å². The SMILES string of the molecule is OC(CNCCCl)C(O)C(O)C(O)CNCCCl. The van der Waals surface area contributed by atoms with Crippen LogP contribution in [0.1, 0.15) is 0 Å². The summed E-state index contributed by atoms with van der Waals surface area (Å²) in [6.07, 6.45) is -5.21. The van der Waals surface area contributed by atoms with Crippen LogP contribution in [0.25, 0.3) is 0 Å². The minimum atomic E-state index is -1.43. The smallest absolute Gasteiger partial charge is 0.110 e. The molecule has 0 aliphatic heterocycles. The van der Waals surface area contributed by atoms with Gasteiger partial charge in [-0.05, 0) is 0 Å². The van der Waals surface area contributed by atoms with Gasteiger partial charge in [-0.15, -0.1) is 23.2 Å². The number of hydrogen-bond acceptors (Lipinski definition) is 6. The molecule has 0 aromatic rings. The van der Waals surface area contributed by atoms with Gasteiger partial charge in [-0.3, -0.25) is 0 Å². The standard InChI is InChI=1S/C10H22Cl2N2O4/c11-1-3-13-5-7(15)9(17)10(18)8(16)6-14-4-2-12/h7-10,13-18H,1-6H2. The molecular weight excluding hydrogens is 283 g/mol. The Bertz CT molecular complexity index is 183. The van der Waals surface area contributed by atoms with Crippen molar-refractivity contribution >= 4 is 23.2 Å². The molecule has 0 aliphatic carbocycles. The number of rotatable bonds is 11. The summed E-state index contributed by atoms with van der Waals surface area (Å²) >= 11 is 10.9. The molecule has 110 valence electrons. The van der Waals surface area contributed by atoms with Gasteiger partial charge in [0.15, 0.2) is 0 Å². The van der Waals surface area contributed by atoms with E-state index in [0.717, 1.165) is 0 Å². The Balaban J connectivity index is 3.93. The zero-order valence-corrected chi connectivity index (χ0v) is 11.6. The highest BCUT2D eigenvalue weighted by Crippen LogP contribution is 2.04. The third-order valence-corrected chi connectivity index (χ3v) is 2.77. The quantitative estimate of drug-likeness (QED) is 0.197. The molecule has 0 saturated heterocycles. The second-order valence-corrected chi connectivity index (χ2v) is 4.66. The van der Waals surface area contributed by atoms with Crippen LogP contribution in [0.15, 0.2) is 0 Å². The van der Waals surface area contributed by atoms with Gasteiger partial charge in [0, 0.05) is 37.9 Å². The molecule has 0 aromatic carbocycles. The van der Waals surface area contributed by atoms with Crippen LogP contribution >= 0.6 is 23.2 Å². The number of aliphatic hydroxyl groups is 4.